The summed E-state index contributed by atoms with van der Waals surface area (Å²) in [6.45, 7) is 0.334. The summed E-state index contributed by atoms with van der Waals surface area (Å²) in [6.07, 6.45) is 1.60. The first-order chi connectivity index (χ1) is 18.5. The number of nitrogens with one attached hydrogen (secondary N) is 1. The molecule has 0 fully saturated rings. The topological polar surface area (TPSA) is 63.6 Å². The standard InChI is InChI=1S/C30H20FI2N3O2/c31-22-12-10-19(11-13-22)18-38-29-25(32)14-20(15-26(29)33)17-34-36-30(37)24-16-28(21-6-2-1-3-7-21)35-27-9-5-4-8-23(24)27/h1-17H,18H2,(H,36,37)/b34-17+. The highest BCUT2D eigenvalue weighted by Gasteiger charge is 2.14. The number of para-hydroxylation sites is 1. The largest absolute Gasteiger partial charge is 0.487 e. The van der Waals surface area contributed by atoms with Gasteiger partial charge in [0.1, 0.15) is 18.2 Å². The average Bonchev–Trinajstić information content (AvgIpc) is 2.93. The maximum atomic E-state index is 13.2. The van der Waals surface area contributed by atoms with Crippen LogP contribution in [-0.4, -0.2) is 17.1 Å². The molecule has 0 atom stereocenters. The van der Waals surface area contributed by atoms with Crippen molar-refractivity contribution >= 4 is 68.2 Å². The lowest BCUT2D eigenvalue weighted by atomic mass is 10.0. The molecule has 5 aromatic rings. The van der Waals surface area contributed by atoms with E-state index in [0.717, 1.165) is 46.2 Å². The SMILES string of the molecule is O=C(N/N=C/c1cc(I)c(OCc2ccc(F)cc2)c(I)c1)c1cc(-c2ccccc2)nc2ccccc12. The van der Waals surface area contributed by atoms with Crippen molar-refractivity contribution in [1.82, 2.24) is 10.4 Å². The number of hydrazone groups is 1. The number of carbonyl (C=O) groups is 1. The van der Waals surface area contributed by atoms with Gasteiger partial charge >= 0.3 is 0 Å². The summed E-state index contributed by atoms with van der Waals surface area (Å²) in [6, 6.07) is 29.2. The van der Waals surface area contributed by atoms with Gasteiger partial charge in [0, 0.05) is 10.9 Å². The maximum absolute atomic E-state index is 13.2. The van der Waals surface area contributed by atoms with Crippen molar-refractivity contribution < 1.29 is 13.9 Å². The van der Waals surface area contributed by atoms with Crippen LogP contribution in [0.15, 0.2) is 102 Å². The summed E-state index contributed by atoms with van der Waals surface area (Å²) in [5.74, 6) is 0.150. The fourth-order valence-electron chi connectivity index (χ4n) is 3.87. The summed E-state index contributed by atoms with van der Waals surface area (Å²) in [4.78, 5) is 17.9. The number of carbonyl (C=O) groups excluding carboxylic acids is 1. The molecule has 0 radical (unpaired) electrons. The molecule has 1 heterocycles. The molecule has 0 aliphatic heterocycles. The molecule has 1 amide bonds. The predicted octanol–water partition coefficient (Wildman–Crippen LogP) is 7.59. The third-order valence-electron chi connectivity index (χ3n) is 5.73. The highest BCUT2D eigenvalue weighted by atomic mass is 127. The van der Waals surface area contributed by atoms with Crippen molar-refractivity contribution in [2.45, 2.75) is 6.61 Å². The monoisotopic (exact) mass is 727 g/mol. The number of fused-ring (bicyclic) bond motifs is 1. The second-order valence-corrected chi connectivity index (χ2v) is 10.7. The van der Waals surface area contributed by atoms with E-state index in [9.17, 15) is 9.18 Å². The lowest BCUT2D eigenvalue weighted by Crippen LogP contribution is -2.18. The van der Waals surface area contributed by atoms with E-state index in [1.165, 1.54) is 12.1 Å². The molecule has 8 heteroatoms. The number of ether oxygens (including phenoxy) is 1. The van der Waals surface area contributed by atoms with Crippen LogP contribution in [0.4, 0.5) is 4.39 Å². The average molecular weight is 727 g/mol. The molecule has 0 spiro atoms. The Hall–Kier alpha value is -3.38. The summed E-state index contributed by atoms with van der Waals surface area (Å²) in [7, 11) is 0. The summed E-state index contributed by atoms with van der Waals surface area (Å²) < 4.78 is 20.9. The molecule has 0 saturated carbocycles. The molecule has 5 rings (SSSR count). The van der Waals surface area contributed by atoms with Gasteiger partial charge < -0.3 is 4.74 Å². The molecule has 1 N–H and O–H groups in total. The minimum atomic E-state index is -0.319. The van der Waals surface area contributed by atoms with E-state index in [0.29, 0.717) is 12.2 Å². The zero-order valence-corrected chi connectivity index (χ0v) is 24.2. The summed E-state index contributed by atoms with van der Waals surface area (Å²) in [5.41, 5.74) is 7.25. The Balaban J connectivity index is 1.32. The minimum Gasteiger partial charge on any atom is -0.487 e. The second-order valence-electron chi connectivity index (χ2n) is 8.37. The van der Waals surface area contributed by atoms with Crippen molar-refractivity contribution in [2.24, 2.45) is 5.10 Å². The van der Waals surface area contributed by atoms with Crippen LogP contribution >= 0.6 is 45.2 Å². The van der Waals surface area contributed by atoms with Crippen molar-refractivity contribution in [3.05, 3.63) is 127 Å². The van der Waals surface area contributed by atoms with Gasteiger partial charge in [-0.2, -0.15) is 5.10 Å². The third kappa shape index (κ3) is 6.18. The Kier molecular flexibility index (Phi) is 8.28. The molecular formula is C30H20FI2N3O2. The van der Waals surface area contributed by atoms with Gasteiger partial charge in [0.2, 0.25) is 0 Å². The minimum absolute atomic E-state index is 0.276. The molecule has 4 aromatic carbocycles. The summed E-state index contributed by atoms with van der Waals surface area (Å²) >= 11 is 4.41. The van der Waals surface area contributed by atoms with Gasteiger partial charge in [0.25, 0.3) is 5.91 Å². The third-order valence-corrected chi connectivity index (χ3v) is 7.33. The van der Waals surface area contributed by atoms with E-state index in [2.05, 4.69) is 55.7 Å². The van der Waals surface area contributed by atoms with Crippen LogP contribution in [0.5, 0.6) is 5.75 Å². The van der Waals surface area contributed by atoms with E-state index >= 15 is 0 Å². The van der Waals surface area contributed by atoms with Gasteiger partial charge in [-0.1, -0.05) is 60.7 Å². The number of nitrogens with zero attached hydrogens (tertiary/aromatic N) is 2. The van der Waals surface area contributed by atoms with Crippen LogP contribution in [0.3, 0.4) is 0 Å². The fraction of sp³-hybridized carbons (Fsp3) is 0.0333. The normalized spacial score (nSPS) is 11.1. The first kappa shape index (κ1) is 26.2. The maximum Gasteiger partial charge on any atom is 0.272 e. The lowest BCUT2D eigenvalue weighted by Gasteiger charge is -2.11. The number of amides is 1. The zero-order valence-electron chi connectivity index (χ0n) is 19.9. The lowest BCUT2D eigenvalue weighted by molar-refractivity contribution is 0.0956. The van der Waals surface area contributed by atoms with Crippen LogP contribution in [0.1, 0.15) is 21.5 Å². The van der Waals surface area contributed by atoms with Gasteiger partial charge in [0.05, 0.1) is 30.1 Å². The van der Waals surface area contributed by atoms with E-state index in [4.69, 9.17) is 9.72 Å². The Morgan fingerprint density at radius 1 is 0.921 bits per heavy atom. The van der Waals surface area contributed by atoms with Gasteiger partial charge in [-0.05, 0) is 92.7 Å². The second kappa shape index (κ2) is 12.0. The smallest absolute Gasteiger partial charge is 0.272 e. The van der Waals surface area contributed by atoms with E-state index < -0.39 is 0 Å². The van der Waals surface area contributed by atoms with Gasteiger partial charge in [0.15, 0.2) is 0 Å². The quantitative estimate of drug-likeness (QED) is 0.107. The van der Waals surface area contributed by atoms with Crippen LogP contribution in [0.2, 0.25) is 0 Å². The molecule has 0 saturated heterocycles. The highest BCUT2D eigenvalue weighted by molar-refractivity contribution is 14.1. The Morgan fingerprint density at radius 3 is 2.34 bits per heavy atom. The number of rotatable bonds is 7. The van der Waals surface area contributed by atoms with Crippen molar-refractivity contribution in [3.63, 3.8) is 0 Å². The predicted molar refractivity (Wildman–Crippen MR) is 165 cm³/mol. The van der Waals surface area contributed by atoms with Gasteiger partial charge in [-0.3, -0.25) is 4.79 Å². The Labute approximate surface area is 246 Å². The number of benzene rings is 4. The van der Waals surface area contributed by atoms with Crippen molar-refractivity contribution in [2.75, 3.05) is 0 Å². The molecule has 1 aromatic heterocycles. The fourth-order valence-corrected chi connectivity index (χ4v) is 6.00. The van der Waals surface area contributed by atoms with E-state index in [1.54, 1.807) is 24.4 Å². The molecule has 0 aliphatic rings. The first-order valence-corrected chi connectivity index (χ1v) is 13.8. The molecule has 5 nitrogen and oxygen atoms in total. The molecule has 0 unspecified atom stereocenters. The van der Waals surface area contributed by atoms with Crippen molar-refractivity contribution in [3.8, 4) is 17.0 Å². The van der Waals surface area contributed by atoms with Crippen LogP contribution in [-0.2, 0) is 6.61 Å². The Bertz CT molecular complexity index is 1620. The van der Waals surface area contributed by atoms with Gasteiger partial charge in [-0.15, -0.1) is 0 Å². The van der Waals surface area contributed by atoms with Crippen LogP contribution < -0.4 is 10.2 Å². The molecular weight excluding hydrogens is 707 g/mol. The van der Waals surface area contributed by atoms with E-state index in [1.807, 2.05) is 66.7 Å². The molecule has 0 bridgehead atoms. The highest BCUT2D eigenvalue weighted by Crippen LogP contribution is 2.29. The molecule has 0 aliphatic carbocycles. The summed E-state index contributed by atoms with van der Waals surface area (Å²) in [5, 5.41) is 4.97. The zero-order chi connectivity index (χ0) is 26.5. The van der Waals surface area contributed by atoms with Gasteiger partial charge in [-0.25, -0.2) is 14.8 Å². The van der Waals surface area contributed by atoms with E-state index in [-0.39, 0.29) is 11.7 Å². The van der Waals surface area contributed by atoms with Crippen LogP contribution in [0, 0.1) is 13.0 Å². The molecule has 38 heavy (non-hydrogen) atoms. The number of hydrogen-bond donors (Lipinski definition) is 1. The number of aromatic nitrogens is 1. The number of halogens is 3. The number of hydrogen-bond acceptors (Lipinski definition) is 4. The molecule has 188 valence electrons. The van der Waals surface area contributed by atoms with Crippen LogP contribution in [0.25, 0.3) is 22.2 Å². The first-order valence-electron chi connectivity index (χ1n) is 11.6. The number of pyridine rings is 1. The Morgan fingerprint density at radius 2 is 1.61 bits per heavy atom. The van der Waals surface area contributed by atoms with Crippen molar-refractivity contribution in [1.29, 1.82) is 0 Å².